The van der Waals surface area contributed by atoms with Crippen molar-refractivity contribution in [3.05, 3.63) is 0 Å². The minimum atomic E-state index is -0.587. The monoisotopic (exact) mass is 181 g/mol. The van der Waals surface area contributed by atoms with Crippen LogP contribution in [0, 0.1) is 0 Å². The summed E-state index contributed by atoms with van der Waals surface area (Å²) in [7, 11) is -0.587. The first-order valence-corrected chi connectivity index (χ1v) is 2.45. The van der Waals surface area contributed by atoms with Crippen molar-refractivity contribution in [3.8, 4) is 0 Å². The Hall–Kier alpha value is 0.635. The first-order valence-electron chi connectivity index (χ1n) is 0.591. The quantitative estimate of drug-likeness (QED) is 0.488. The fourth-order valence-electron chi connectivity index (χ4n) is 0. The van der Waals surface area contributed by atoms with Crippen molar-refractivity contribution < 1.29 is 7.17 Å². The van der Waals surface area contributed by atoms with E-state index in [1.165, 1.54) is 0 Å². The van der Waals surface area contributed by atoms with Gasteiger partial charge in [-0.05, 0) is 0 Å². The van der Waals surface area contributed by atoms with Crippen LogP contribution >= 0.6 is 0 Å². The van der Waals surface area contributed by atoms with Crippen molar-refractivity contribution >= 4 is 33.1 Å². The Morgan fingerprint density at radius 1 is 2.00 bits per heavy atom. The molecule has 0 amide bonds. The zero-order chi connectivity index (χ0) is 3.41. The molecule has 0 aliphatic carbocycles. The van der Waals surface area contributed by atoms with Gasteiger partial charge in [0.05, 0.1) is 0 Å². The van der Waals surface area contributed by atoms with Crippen LogP contribution in [0.25, 0.3) is 0 Å². The predicted molar refractivity (Wildman–Crippen MR) is 13.3 cm³/mol. The summed E-state index contributed by atoms with van der Waals surface area (Å²) in [4.78, 5) is 0. The van der Waals surface area contributed by atoms with Gasteiger partial charge in [-0.15, -0.1) is 0 Å². The SMILES string of the molecule is O=[Si][O][Sb]. The summed E-state index contributed by atoms with van der Waals surface area (Å²) in [6, 6.07) is 0. The molecular weight excluding hydrogens is 182 g/mol. The third-order valence-electron chi connectivity index (χ3n) is 0.0373. The molecule has 2 nitrogen and oxygen atoms in total. The van der Waals surface area contributed by atoms with Crippen LogP contribution in [0.2, 0.25) is 0 Å². The van der Waals surface area contributed by atoms with Crippen LogP contribution in [0.15, 0.2) is 0 Å². The second kappa shape index (κ2) is 3.64. The fourth-order valence-corrected chi connectivity index (χ4v) is 0. The molecule has 21 valence electrons. The van der Waals surface area contributed by atoms with Gasteiger partial charge in [0.25, 0.3) is 0 Å². The van der Waals surface area contributed by atoms with Gasteiger partial charge < -0.3 is 0 Å². The third-order valence-corrected chi connectivity index (χ3v) is 0.750. The zero-order valence-electron chi connectivity index (χ0n) is 1.76. The molecule has 0 N–H and O–H groups in total. The van der Waals surface area contributed by atoms with Gasteiger partial charge in [0, 0.05) is 0 Å². The predicted octanol–water partition coefficient (Wildman–Crippen LogP) is -0.949. The molecule has 0 aromatic rings. The van der Waals surface area contributed by atoms with Gasteiger partial charge in [-0.25, -0.2) is 0 Å². The van der Waals surface area contributed by atoms with E-state index in [4.69, 9.17) is 4.46 Å². The van der Waals surface area contributed by atoms with E-state index in [0.29, 0.717) is 0 Å². The van der Waals surface area contributed by atoms with Gasteiger partial charge in [-0.2, -0.15) is 0 Å². The molecule has 0 unspecified atom stereocenters. The van der Waals surface area contributed by atoms with E-state index in [1.807, 2.05) is 0 Å². The van der Waals surface area contributed by atoms with E-state index < -0.39 is 9.65 Å². The summed E-state index contributed by atoms with van der Waals surface area (Å²) >= 11 is 1.10. The van der Waals surface area contributed by atoms with Crippen LogP contribution in [0.1, 0.15) is 0 Å². The second-order valence-electron chi connectivity index (χ2n) is 0.175. The Labute approximate surface area is 40.6 Å². The maximum atomic E-state index is 9.12. The Morgan fingerprint density at radius 2 is 2.25 bits per heavy atom. The Balaban J connectivity index is 2.30. The standard InChI is InChI=1S/O2Si.Sb/c1-3-2;/q-1;+1. The molecule has 4 heavy (non-hydrogen) atoms. The van der Waals surface area contributed by atoms with E-state index in [0.717, 1.165) is 23.4 Å². The van der Waals surface area contributed by atoms with Crippen molar-refractivity contribution in [2.24, 2.45) is 0 Å². The maximum absolute atomic E-state index is 9.12. The molecule has 0 saturated carbocycles. The first kappa shape index (κ1) is 4.64. The number of hydrogen-bond donors (Lipinski definition) is 0. The zero-order valence-corrected chi connectivity index (χ0v) is 5.32. The molecule has 0 aromatic carbocycles. The Morgan fingerprint density at radius 3 is 2.25 bits per heavy atom. The molecule has 0 aliphatic heterocycles. The molecular formula is O2SbSi. The molecule has 0 spiro atoms. The molecule has 0 rings (SSSR count). The van der Waals surface area contributed by atoms with Gasteiger partial charge in [-0.3, -0.25) is 0 Å². The van der Waals surface area contributed by atoms with Crippen LogP contribution in [0.4, 0.5) is 0 Å². The topological polar surface area (TPSA) is 26.3 Å². The van der Waals surface area contributed by atoms with Crippen LogP contribution < -0.4 is 0 Å². The van der Waals surface area contributed by atoms with Gasteiger partial charge in [-0.1, -0.05) is 0 Å². The molecule has 0 heterocycles. The summed E-state index contributed by atoms with van der Waals surface area (Å²) < 4.78 is 13.2. The van der Waals surface area contributed by atoms with Crippen molar-refractivity contribution in [2.75, 3.05) is 0 Å². The molecule has 0 aromatic heterocycles. The Kier molecular flexibility index (Phi) is 4.21. The van der Waals surface area contributed by atoms with Crippen LogP contribution in [-0.2, 0) is 7.17 Å². The molecule has 0 aliphatic rings. The average molecular weight is 182 g/mol. The van der Waals surface area contributed by atoms with E-state index in [2.05, 4.69) is 2.70 Å². The molecule has 0 bridgehead atoms. The van der Waals surface area contributed by atoms with E-state index in [1.54, 1.807) is 0 Å². The van der Waals surface area contributed by atoms with Crippen LogP contribution in [0.3, 0.4) is 0 Å². The summed E-state index contributed by atoms with van der Waals surface area (Å²) in [5.41, 5.74) is 0. The summed E-state index contributed by atoms with van der Waals surface area (Å²) in [5, 5.41) is 0. The third kappa shape index (κ3) is 2.64. The van der Waals surface area contributed by atoms with Gasteiger partial charge in [0.1, 0.15) is 0 Å². The first-order chi connectivity index (χ1) is 1.91. The molecule has 4 heteroatoms. The minimum absolute atomic E-state index is 0.587. The van der Waals surface area contributed by atoms with Crippen LogP contribution in [-0.4, -0.2) is 33.1 Å². The summed E-state index contributed by atoms with van der Waals surface area (Å²) in [6.07, 6.45) is 0. The molecule has 3 radical (unpaired) electrons. The summed E-state index contributed by atoms with van der Waals surface area (Å²) in [6.45, 7) is 0. The van der Waals surface area contributed by atoms with Gasteiger partial charge in [0.15, 0.2) is 0 Å². The van der Waals surface area contributed by atoms with E-state index in [9.17, 15) is 0 Å². The molecule has 0 atom stereocenters. The summed E-state index contributed by atoms with van der Waals surface area (Å²) in [5.74, 6) is 0. The van der Waals surface area contributed by atoms with Crippen molar-refractivity contribution in [1.82, 2.24) is 0 Å². The molecule has 0 fully saturated rings. The Bertz CT molecular complexity index is 20.0. The second-order valence-corrected chi connectivity index (χ2v) is 2.09. The van der Waals surface area contributed by atoms with Crippen molar-refractivity contribution in [1.29, 1.82) is 0 Å². The van der Waals surface area contributed by atoms with E-state index >= 15 is 0 Å². The van der Waals surface area contributed by atoms with E-state index in [-0.39, 0.29) is 0 Å². The fraction of sp³-hybridized carbons (Fsp3) is 0. The van der Waals surface area contributed by atoms with Gasteiger partial charge >= 0.3 is 40.3 Å². The number of hydrogen-bond acceptors (Lipinski definition) is 2. The van der Waals surface area contributed by atoms with Gasteiger partial charge in [0.2, 0.25) is 0 Å². The van der Waals surface area contributed by atoms with Crippen molar-refractivity contribution in [2.45, 2.75) is 0 Å². The molecule has 0 saturated heterocycles. The normalized spacial score (nSPS) is 5.25. The van der Waals surface area contributed by atoms with Crippen molar-refractivity contribution in [3.63, 3.8) is 0 Å². The van der Waals surface area contributed by atoms with Crippen LogP contribution in [0.5, 0.6) is 0 Å². The number of rotatable bonds is 1. The average Bonchev–Trinajstić information content (AvgIpc) is 1.37.